The van der Waals surface area contributed by atoms with Crippen LogP contribution in [0.3, 0.4) is 0 Å². The molecule has 1 aliphatic carbocycles. The highest BCUT2D eigenvalue weighted by Crippen LogP contribution is 2.38. The van der Waals surface area contributed by atoms with Gasteiger partial charge in [0.2, 0.25) is 15.2 Å². The van der Waals surface area contributed by atoms with Gasteiger partial charge in [-0.3, -0.25) is 0 Å². The fraction of sp³-hybridized carbons (Fsp3) is 0.444. The van der Waals surface area contributed by atoms with E-state index in [4.69, 9.17) is 0 Å². The van der Waals surface area contributed by atoms with Gasteiger partial charge in [0.25, 0.3) is 6.43 Å². The third kappa shape index (κ3) is 4.13. The number of nitrogens with one attached hydrogen (secondary N) is 1. The molecule has 1 saturated heterocycles. The molecule has 2 aromatic heterocycles. The molecule has 1 N–H and O–H groups in total. The van der Waals surface area contributed by atoms with Gasteiger partial charge in [-0.2, -0.15) is 15.1 Å². The zero-order valence-electron chi connectivity index (χ0n) is 17.3. The van der Waals surface area contributed by atoms with Crippen molar-refractivity contribution < 1.29 is 27.0 Å². The van der Waals surface area contributed by atoms with Crippen LogP contribution in [0.4, 0.5) is 14.5 Å². The molecule has 16 heteroatoms. The van der Waals surface area contributed by atoms with Gasteiger partial charge in [0.15, 0.2) is 14.8 Å². The molecule has 0 bridgehead atoms. The van der Waals surface area contributed by atoms with Crippen molar-refractivity contribution in [3.63, 3.8) is 0 Å². The maximum absolute atomic E-state index is 13.2. The van der Waals surface area contributed by atoms with E-state index in [1.165, 1.54) is 23.0 Å². The van der Waals surface area contributed by atoms with Gasteiger partial charge in [0, 0.05) is 25.6 Å². The van der Waals surface area contributed by atoms with E-state index >= 15 is 0 Å². The number of anilines is 1. The summed E-state index contributed by atoms with van der Waals surface area (Å²) in [5.41, 5.74) is -0.455. The lowest BCUT2D eigenvalue weighted by Crippen LogP contribution is -2.40. The highest BCUT2D eigenvalue weighted by atomic mass is 32.2. The molecule has 11 nitrogen and oxygen atoms in total. The highest BCUT2D eigenvalue weighted by molar-refractivity contribution is 7.91. The number of sulfonamides is 1. The quantitative estimate of drug-likeness (QED) is 0.500. The van der Waals surface area contributed by atoms with Crippen LogP contribution in [0.25, 0.3) is 16.0 Å². The third-order valence-corrected chi connectivity index (χ3v) is 9.76. The third-order valence-electron chi connectivity index (χ3n) is 5.73. The van der Waals surface area contributed by atoms with Crippen molar-refractivity contribution in [2.75, 3.05) is 29.5 Å². The van der Waals surface area contributed by atoms with E-state index in [0.717, 1.165) is 0 Å². The second kappa shape index (κ2) is 7.90. The molecule has 1 aromatic carbocycles. The van der Waals surface area contributed by atoms with E-state index in [1.54, 1.807) is 4.90 Å². The number of rotatable bonds is 6. The summed E-state index contributed by atoms with van der Waals surface area (Å²) in [5, 5.41) is 20.8. The van der Waals surface area contributed by atoms with Gasteiger partial charge >= 0.3 is 0 Å². The number of fused-ring (bicyclic) bond motifs is 1. The zero-order chi connectivity index (χ0) is 24.3. The lowest BCUT2D eigenvalue weighted by molar-refractivity contribution is 0.150. The summed E-state index contributed by atoms with van der Waals surface area (Å²) < 4.78 is 79.8. The number of hydrogen-bond donors (Lipinski definition) is 1. The number of benzene rings is 1. The van der Waals surface area contributed by atoms with Crippen molar-refractivity contribution in [2.45, 2.75) is 29.7 Å². The zero-order valence-corrected chi connectivity index (χ0v) is 19.8. The second-order valence-electron chi connectivity index (χ2n) is 8.09. The maximum Gasteiger partial charge on any atom is 0.291 e. The Morgan fingerprint density at radius 2 is 1.94 bits per heavy atom. The fourth-order valence-electron chi connectivity index (χ4n) is 3.68. The Balaban J connectivity index is 0.00000289. The molecule has 3 heterocycles. The van der Waals surface area contributed by atoms with Gasteiger partial charge in [-0.25, -0.2) is 30.3 Å². The number of aromatic nitrogens is 4. The van der Waals surface area contributed by atoms with Crippen LogP contribution in [0.1, 0.15) is 25.7 Å². The van der Waals surface area contributed by atoms with Gasteiger partial charge < -0.3 is 4.90 Å². The fourth-order valence-corrected chi connectivity index (χ4v) is 6.97. The molecule has 1 saturated carbocycles. The largest absolute Gasteiger partial charge is 0.369 e. The normalized spacial score (nSPS) is 19.4. The summed E-state index contributed by atoms with van der Waals surface area (Å²) in [6.45, 7) is 0.298. The minimum Gasteiger partial charge on any atom is -0.369 e. The molecule has 0 atom stereocenters. The van der Waals surface area contributed by atoms with E-state index < -0.39 is 36.8 Å². The molecule has 0 radical (unpaired) electrons. The highest BCUT2D eigenvalue weighted by Gasteiger charge is 2.47. The van der Waals surface area contributed by atoms with Crippen LogP contribution >= 0.6 is 11.3 Å². The Morgan fingerprint density at radius 1 is 1.24 bits per heavy atom. The van der Waals surface area contributed by atoms with Crippen molar-refractivity contribution >= 4 is 47.8 Å². The number of hydrogen-bond acceptors (Lipinski definition) is 10. The van der Waals surface area contributed by atoms with E-state index in [9.17, 15) is 30.9 Å². The van der Waals surface area contributed by atoms with Crippen molar-refractivity contribution in [2.24, 2.45) is 0 Å². The van der Waals surface area contributed by atoms with Gasteiger partial charge in [-0.15, -0.1) is 10.2 Å². The first-order valence-corrected chi connectivity index (χ1v) is 14.2. The first kappa shape index (κ1) is 23.0. The summed E-state index contributed by atoms with van der Waals surface area (Å²) in [4.78, 5) is 1.58. The van der Waals surface area contributed by atoms with Gasteiger partial charge in [0.05, 0.1) is 34.2 Å². The van der Waals surface area contributed by atoms with E-state index in [-0.39, 0.29) is 41.6 Å². The molecular formula is C18H19F2N7O4S3. The average molecular weight is 532 g/mol. The van der Waals surface area contributed by atoms with Crippen molar-refractivity contribution in [3.8, 4) is 11.2 Å². The molecule has 3 aromatic rings. The summed E-state index contributed by atoms with van der Waals surface area (Å²) in [7, 11) is -7.33. The molecule has 0 amide bonds. The van der Waals surface area contributed by atoms with Gasteiger partial charge in [-0.05, 0) is 25.0 Å². The first-order chi connectivity index (χ1) is 16.0. The monoisotopic (exact) mass is 531 g/mol. The van der Waals surface area contributed by atoms with Gasteiger partial charge in [0.1, 0.15) is 5.54 Å². The summed E-state index contributed by atoms with van der Waals surface area (Å²) in [6, 6.07) is 4.71. The van der Waals surface area contributed by atoms with E-state index in [0.29, 0.717) is 35.3 Å². The Kier molecular flexibility index (Phi) is 5.35. The second-order valence-corrected chi connectivity index (χ2v) is 13.1. The molecule has 2 fully saturated rings. The van der Waals surface area contributed by atoms with Crippen molar-refractivity contribution in [1.82, 2.24) is 24.7 Å². The predicted molar refractivity (Wildman–Crippen MR) is 120 cm³/mol. The molecule has 34 heavy (non-hydrogen) atoms. The van der Waals surface area contributed by atoms with Gasteiger partial charge in [-0.1, -0.05) is 11.3 Å². The Hall–Kier alpha value is -2.74. The lowest BCUT2D eigenvalue weighted by atomic mass is 10.2. The smallest absolute Gasteiger partial charge is 0.291 e. The lowest BCUT2D eigenvalue weighted by Gasteiger charge is -2.29. The minimum atomic E-state index is -4.14. The van der Waals surface area contributed by atoms with Crippen LogP contribution in [0.2, 0.25) is 0 Å². The average Bonchev–Trinajstić information content (AvgIpc) is 3.19. The summed E-state index contributed by atoms with van der Waals surface area (Å²) in [5.74, 6) is -0.187. The first-order valence-electron chi connectivity index (χ1n) is 10.1. The molecule has 2 aliphatic rings. The van der Waals surface area contributed by atoms with Crippen LogP contribution in [0, 0.1) is 11.3 Å². The summed E-state index contributed by atoms with van der Waals surface area (Å²) in [6.07, 6.45) is -0.597. The van der Waals surface area contributed by atoms with Crippen LogP contribution in [0.15, 0.2) is 23.2 Å². The molecule has 5 rings (SSSR count). The van der Waals surface area contributed by atoms with Crippen LogP contribution in [-0.4, -0.2) is 66.9 Å². The van der Waals surface area contributed by atoms with Crippen molar-refractivity contribution in [3.05, 3.63) is 23.3 Å². The number of sulfone groups is 1. The molecule has 0 unspecified atom stereocenters. The maximum atomic E-state index is 13.2. The number of nitrogens with zero attached hydrogens (tertiary/aromatic N) is 6. The Bertz CT molecular complexity index is 1530. The minimum absolute atomic E-state index is 0. The van der Waals surface area contributed by atoms with Crippen LogP contribution < -0.4 is 9.62 Å². The number of halogens is 2. The van der Waals surface area contributed by atoms with E-state index in [2.05, 4.69) is 20.0 Å². The number of nitriles is 1. The topological polar surface area (TPSA) is 151 Å². The predicted octanol–water partition coefficient (Wildman–Crippen LogP) is 1.63. The SMILES string of the molecule is N#CC1(NS(=O)(=O)c2cc(N3CCS(=O)(=O)CC3)c3cnn(-c4nnc(C(F)F)s4)c3c2)CC1.[HH]. The standard InChI is InChI=1S/C18H17F2N7O4S3.H2/c19-15(20)16-23-24-17(32-16)27-14-8-11(34(30,31)25-18(10-21)1-2-18)7-13(12(14)9-22-27)26-3-5-33(28,29)6-4-26;/h7-9,15,25H,1-6H2;1H. The molecule has 182 valence electrons. The Labute approximate surface area is 198 Å². The van der Waals surface area contributed by atoms with E-state index in [1.807, 2.05) is 6.07 Å². The van der Waals surface area contributed by atoms with Crippen LogP contribution in [0.5, 0.6) is 0 Å². The van der Waals surface area contributed by atoms with Crippen LogP contribution in [-0.2, 0) is 19.9 Å². The Morgan fingerprint density at radius 3 is 2.53 bits per heavy atom. The molecule has 1 aliphatic heterocycles. The number of alkyl halides is 2. The van der Waals surface area contributed by atoms with Crippen molar-refractivity contribution in [1.29, 1.82) is 5.26 Å². The molecular weight excluding hydrogens is 512 g/mol. The summed E-state index contributed by atoms with van der Waals surface area (Å²) >= 11 is 0.619. The molecule has 0 spiro atoms.